The van der Waals surface area contributed by atoms with E-state index in [1.807, 2.05) is 36.4 Å². The summed E-state index contributed by atoms with van der Waals surface area (Å²) in [5.74, 6) is 0. The van der Waals surface area contributed by atoms with Crippen LogP contribution in [0.4, 0.5) is 5.69 Å². The minimum absolute atomic E-state index is 0.745. The van der Waals surface area contributed by atoms with E-state index in [-0.39, 0.29) is 0 Å². The van der Waals surface area contributed by atoms with Crippen LogP contribution in [0.1, 0.15) is 5.56 Å². The van der Waals surface area contributed by atoms with Crippen LogP contribution in [-0.2, 0) is 6.54 Å². The summed E-state index contributed by atoms with van der Waals surface area (Å²) in [6.45, 7) is 0.781. The number of nitrogens with zero attached hydrogens (tertiary/aromatic N) is 1. The first-order valence-corrected chi connectivity index (χ1v) is 5.11. The van der Waals surface area contributed by atoms with Crippen LogP contribution in [0.2, 0.25) is 5.02 Å². The molecule has 0 atom stereocenters. The Morgan fingerprint density at radius 3 is 2.67 bits per heavy atom. The molecule has 0 saturated heterocycles. The van der Waals surface area contributed by atoms with Gasteiger partial charge >= 0.3 is 0 Å². The first-order chi connectivity index (χ1) is 7.34. The third-order valence-corrected chi connectivity index (χ3v) is 2.31. The molecular formula is C12H11ClN2. The third-order valence-electron chi connectivity index (χ3n) is 2.07. The SMILES string of the molecule is Clc1cccc(NCc2ccncc2)c1. The van der Waals surface area contributed by atoms with Crippen LogP contribution >= 0.6 is 11.6 Å². The monoisotopic (exact) mass is 218 g/mol. The van der Waals surface area contributed by atoms with E-state index < -0.39 is 0 Å². The molecule has 0 spiro atoms. The van der Waals surface area contributed by atoms with Crippen molar-refractivity contribution >= 4 is 17.3 Å². The molecule has 76 valence electrons. The lowest BCUT2D eigenvalue weighted by Crippen LogP contribution is -1.98. The zero-order chi connectivity index (χ0) is 10.5. The average Bonchev–Trinajstić information content (AvgIpc) is 2.28. The second-order valence-electron chi connectivity index (χ2n) is 3.22. The minimum Gasteiger partial charge on any atom is -0.381 e. The highest BCUT2D eigenvalue weighted by atomic mass is 35.5. The van der Waals surface area contributed by atoms with Crippen molar-refractivity contribution in [3.05, 3.63) is 59.4 Å². The Kier molecular flexibility index (Phi) is 3.20. The molecule has 1 heterocycles. The first kappa shape index (κ1) is 9.99. The number of halogens is 1. The molecule has 2 aromatic rings. The van der Waals surface area contributed by atoms with E-state index >= 15 is 0 Å². The van der Waals surface area contributed by atoms with Crippen LogP contribution in [0.25, 0.3) is 0 Å². The van der Waals surface area contributed by atoms with E-state index in [1.165, 1.54) is 5.56 Å². The van der Waals surface area contributed by atoms with Gasteiger partial charge in [0.25, 0.3) is 0 Å². The van der Waals surface area contributed by atoms with E-state index in [2.05, 4.69) is 10.3 Å². The number of hydrogen-bond donors (Lipinski definition) is 1. The Hall–Kier alpha value is -1.54. The van der Waals surface area contributed by atoms with Crippen molar-refractivity contribution in [3.8, 4) is 0 Å². The molecule has 1 aromatic heterocycles. The highest BCUT2D eigenvalue weighted by molar-refractivity contribution is 6.30. The fourth-order valence-electron chi connectivity index (χ4n) is 1.30. The van der Waals surface area contributed by atoms with Gasteiger partial charge in [0.05, 0.1) is 0 Å². The van der Waals surface area contributed by atoms with Crippen molar-refractivity contribution in [3.63, 3.8) is 0 Å². The third kappa shape index (κ3) is 2.96. The number of anilines is 1. The van der Waals surface area contributed by atoms with Crippen LogP contribution in [0.5, 0.6) is 0 Å². The predicted molar refractivity (Wildman–Crippen MR) is 63.0 cm³/mol. The molecule has 0 aliphatic rings. The second-order valence-corrected chi connectivity index (χ2v) is 3.66. The second kappa shape index (κ2) is 4.80. The van der Waals surface area contributed by atoms with E-state index in [9.17, 15) is 0 Å². The van der Waals surface area contributed by atoms with Gasteiger partial charge in [0.2, 0.25) is 0 Å². The summed E-state index contributed by atoms with van der Waals surface area (Å²) >= 11 is 5.88. The quantitative estimate of drug-likeness (QED) is 0.855. The maximum Gasteiger partial charge on any atom is 0.0426 e. The van der Waals surface area contributed by atoms with Crippen molar-refractivity contribution in [1.29, 1.82) is 0 Å². The highest BCUT2D eigenvalue weighted by Crippen LogP contribution is 2.15. The number of aromatic nitrogens is 1. The maximum atomic E-state index is 5.88. The van der Waals surface area contributed by atoms with Gasteiger partial charge in [-0.25, -0.2) is 0 Å². The summed E-state index contributed by atoms with van der Waals surface area (Å²) < 4.78 is 0. The topological polar surface area (TPSA) is 24.9 Å². The van der Waals surface area contributed by atoms with Crippen LogP contribution in [0, 0.1) is 0 Å². The van der Waals surface area contributed by atoms with E-state index in [4.69, 9.17) is 11.6 Å². The van der Waals surface area contributed by atoms with E-state index in [0.29, 0.717) is 0 Å². The largest absolute Gasteiger partial charge is 0.381 e. The van der Waals surface area contributed by atoms with Crippen LogP contribution in [-0.4, -0.2) is 4.98 Å². The van der Waals surface area contributed by atoms with E-state index in [0.717, 1.165) is 17.3 Å². The highest BCUT2D eigenvalue weighted by Gasteiger charge is 1.94. The molecule has 0 aliphatic carbocycles. The summed E-state index contributed by atoms with van der Waals surface area (Å²) in [6.07, 6.45) is 3.57. The summed E-state index contributed by atoms with van der Waals surface area (Å²) in [6, 6.07) is 11.7. The Bertz CT molecular complexity index is 429. The summed E-state index contributed by atoms with van der Waals surface area (Å²) in [5.41, 5.74) is 2.23. The van der Waals surface area contributed by atoms with Gasteiger partial charge in [-0.1, -0.05) is 17.7 Å². The molecule has 0 fully saturated rings. The summed E-state index contributed by atoms with van der Waals surface area (Å²) in [5, 5.41) is 4.03. The number of nitrogens with one attached hydrogen (secondary N) is 1. The molecule has 15 heavy (non-hydrogen) atoms. The lowest BCUT2D eigenvalue weighted by atomic mass is 10.2. The molecular weight excluding hydrogens is 208 g/mol. The Morgan fingerprint density at radius 1 is 1.13 bits per heavy atom. The van der Waals surface area contributed by atoms with Crippen molar-refractivity contribution in [2.45, 2.75) is 6.54 Å². The summed E-state index contributed by atoms with van der Waals surface area (Å²) in [7, 11) is 0. The number of benzene rings is 1. The summed E-state index contributed by atoms with van der Waals surface area (Å²) in [4.78, 5) is 3.97. The van der Waals surface area contributed by atoms with Gasteiger partial charge in [-0.05, 0) is 35.9 Å². The zero-order valence-corrected chi connectivity index (χ0v) is 8.91. The maximum absolute atomic E-state index is 5.88. The Morgan fingerprint density at radius 2 is 1.93 bits per heavy atom. The lowest BCUT2D eigenvalue weighted by molar-refractivity contribution is 1.13. The normalized spacial score (nSPS) is 9.93. The van der Waals surface area contributed by atoms with Gasteiger partial charge in [0, 0.05) is 29.6 Å². The smallest absolute Gasteiger partial charge is 0.0426 e. The van der Waals surface area contributed by atoms with Gasteiger partial charge < -0.3 is 5.32 Å². The molecule has 2 nitrogen and oxygen atoms in total. The molecule has 3 heteroatoms. The molecule has 1 N–H and O–H groups in total. The van der Waals surface area contributed by atoms with Gasteiger partial charge in [-0.15, -0.1) is 0 Å². The number of rotatable bonds is 3. The van der Waals surface area contributed by atoms with Gasteiger partial charge in [-0.3, -0.25) is 4.98 Å². The van der Waals surface area contributed by atoms with Crippen LogP contribution in [0.3, 0.4) is 0 Å². The average molecular weight is 219 g/mol. The zero-order valence-electron chi connectivity index (χ0n) is 8.15. The van der Waals surface area contributed by atoms with Gasteiger partial charge in [0.15, 0.2) is 0 Å². The van der Waals surface area contributed by atoms with Gasteiger partial charge in [0.1, 0.15) is 0 Å². The van der Waals surface area contributed by atoms with Crippen molar-refractivity contribution in [1.82, 2.24) is 4.98 Å². The molecule has 0 unspecified atom stereocenters. The standard InChI is InChI=1S/C12H11ClN2/c13-11-2-1-3-12(8-11)15-9-10-4-6-14-7-5-10/h1-8,15H,9H2. The molecule has 0 amide bonds. The van der Waals surface area contributed by atoms with Gasteiger partial charge in [-0.2, -0.15) is 0 Å². The Labute approximate surface area is 93.9 Å². The molecule has 0 aliphatic heterocycles. The minimum atomic E-state index is 0.745. The predicted octanol–water partition coefficient (Wildman–Crippen LogP) is 3.35. The molecule has 1 aromatic carbocycles. The van der Waals surface area contributed by atoms with Crippen molar-refractivity contribution in [2.24, 2.45) is 0 Å². The molecule has 2 rings (SSSR count). The lowest BCUT2D eigenvalue weighted by Gasteiger charge is -2.06. The molecule has 0 saturated carbocycles. The van der Waals surface area contributed by atoms with Crippen LogP contribution < -0.4 is 5.32 Å². The molecule has 0 radical (unpaired) electrons. The Balaban J connectivity index is 1.99. The number of hydrogen-bond acceptors (Lipinski definition) is 2. The van der Waals surface area contributed by atoms with Crippen molar-refractivity contribution in [2.75, 3.05) is 5.32 Å². The number of pyridine rings is 1. The van der Waals surface area contributed by atoms with Crippen molar-refractivity contribution < 1.29 is 0 Å². The first-order valence-electron chi connectivity index (χ1n) is 4.73. The fraction of sp³-hybridized carbons (Fsp3) is 0.0833. The van der Waals surface area contributed by atoms with E-state index in [1.54, 1.807) is 12.4 Å². The fourth-order valence-corrected chi connectivity index (χ4v) is 1.49. The molecule has 0 bridgehead atoms. The van der Waals surface area contributed by atoms with Crippen LogP contribution in [0.15, 0.2) is 48.8 Å².